The molecular formula is C29H36N4O6S. The van der Waals surface area contributed by atoms with Crippen molar-refractivity contribution in [2.24, 2.45) is 0 Å². The highest BCUT2D eigenvalue weighted by atomic mass is 32.2. The van der Waals surface area contributed by atoms with E-state index in [9.17, 15) is 18.0 Å². The third-order valence-corrected chi connectivity index (χ3v) is 7.97. The molecule has 1 aromatic heterocycles. The van der Waals surface area contributed by atoms with E-state index in [1.165, 1.54) is 12.0 Å². The number of anilines is 1. The van der Waals surface area contributed by atoms with E-state index in [2.05, 4.69) is 10.0 Å². The molecule has 0 unspecified atom stereocenters. The van der Waals surface area contributed by atoms with E-state index < -0.39 is 28.2 Å². The Kier molecular flexibility index (Phi) is 8.64. The van der Waals surface area contributed by atoms with Crippen molar-refractivity contribution in [2.75, 3.05) is 26.2 Å². The highest BCUT2D eigenvalue weighted by molar-refractivity contribution is 7.88. The topological polar surface area (TPSA) is 119 Å². The van der Waals surface area contributed by atoms with Crippen LogP contribution < -0.4 is 24.4 Å². The number of benzene rings is 3. The largest absolute Gasteiger partial charge is 0.497 e. The highest BCUT2D eigenvalue weighted by Gasteiger charge is 2.28. The Morgan fingerprint density at radius 1 is 0.950 bits per heavy atom. The summed E-state index contributed by atoms with van der Waals surface area (Å²) in [6.45, 7) is 1.62. The standard InChI is InChI=1S/C29H32N4O6S.2H2/c1-20-18-22-11-14-25(39-4)19-27(22)33(20)40(36,37)31-29(35)30-26(17-10-21-8-6-5-7-9-21)28(34)32(2)23-12-15-24(38-3)16-13-23;;/h5-9,11-16,18-19,26H,10,17H2,1-4H3,(H2,30,31,35);2*1H/t26-;;/m0../s1. The number of hydrogen-bond donors (Lipinski definition) is 2. The fourth-order valence-corrected chi connectivity index (χ4v) is 5.70. The van der Waals surface area contributed by atoms with E-state index in [1.807, 2.05) is 30.3 Å². The van der Waals surface area contributed by atoms with Crippen LogP contribution in [0.2, 0.25) is 0 Å². The zero-order chi connectivity index (χ0) is 28.9. The van der Waals surface area contributed by atoms with Crippen LogP contribution in [0.4, 0.5) is 10.5 Å². The van der Waals surface area contributed by atoms with Gasteiger partial charge in [0, 0.05) is 32.7 Å². The fourth-order valence-electron chi connectivity index (χ4n) is 4.47. The van der Waals surface area contributed by atoms with Crippen molar-refractivity contribution in [1.29, 1.82) is 0 Å². The third kappa shape index (κ3) is 6.37. The van der Waals surface area contributed by atoms with Crippen molar-refractivity contribution >= 4 is 38.7 Å². The Morgan fingerprint density at radius 3 is 2.25 bits per heavy atom. The maximum atomic E-state index is 13.5. The monoisotopic (exact) mass is 568 g/mol. The number of fused-ring (bicyclic) bond motifs is 1. The van der Waals surface area contributed by atoms with Gasteiger partial charge in [-0.2, -0.15) is 8.42 Å². The maximum absolute atomic E-state index is 13.5. The molecule has 2 N–H and O–H groups in total. The van der Waals surface area contributed by atoms with Crippen LogP contribution in [0.3, 0.4) is 0 Å². The lowest BCUT2D eigenvalue weighted by atomic mass is 10.0. The van der Waals surface area contributed by atoms with Crippen molar-refractivity contribution in [3.05, 3.63) is 90.1 Å². The summed E-state index contributed by atoms with van der Waals surface area (Å²) in [5.74, 6) is 0.707. The molecular weight excluding hydrogens is 532 g/mol. The second kappa shape index (κ2) is 12.1. The van der Waals surface area contributed by atoms with Crippen molar-refractivity contribution in [2.45, 2.75) is 25.8 Å². The molecule has 0 spiro atoms. The van der Waals surface area contributed by atoms with Gasteiger partial charge in [-0.3, -0.25) is 4.79 Å². The maximum Gasteiger partial charge on any atom is 0.331 e. The van der Waals surface area contributed by atoms with E-state index in [4.69, 9.17) is 9.47 Å². The smallest absolute Gasteiger partial charge is 0.331 e. The van der Waals surface area contributed by atoms with Gasteiger partial charge in [-0.15, -0.1) is 0 Å². The lowest BCUT2D eigenvalue weighted by Gasteiger charge is -2.25. The molecule has 0 aliphatic rings. The van der Waals surface area contributed by atoms with E-state index in [-0.39, 0.29) is 9.27 Å². The molecule has 0 fully saturated rings. The quantitative estimate of drug-likeness (QED) is 0.291. The van der Waals surface area contributed by atoms with Gasteiger partial charge in [0.25, 0.3) is 0 Å². The number of carbonyl (C=O) groups excluding carboxylic acids is 2. The van der Waals surface area contributed by atoms with Crippen LogP contribution in [-0.4, -0.2) is 51.6 Å². The van der Waals surface area contributed by atoms with Gasteiger partial charge in [0.15, 0.2) is 0 Å². The normalized spacial score (nSPS) is 12.0. The van der Waals surface area contributed by atoms with Gasteiger partial charge >= 0.3 is 16.2 Å². The summed E-state index contributed by atoms with van der Waals surface area (Å²) in [5, 5.41) is 3.25. The number of methoxy groups -OCH3 is 2. The van der Waals surface area contributed by atoms with Crippen LogP contribution in [0.25, 0.3) is 10.9 Å². The fraction of sp³-hybridized carbons (Fsp3) is 0.241. The number of nitrogens with one attached hydrogen (secondary N) is 2. The average molecular weight is 569 g/mol. The lowest BCUT2D eigenvalue weighted by Crippen LogP contribution is -2.52. The molecule has 11 heteroatoms. The molecule has 4 rings (SSSR count). The zero-order valence-corrected chi connectivity index (χ0v) is 23.6. The van der Waals surface area contributed by atoms with Crippen LogP contribution in [-0.2, 0) is 21.4 Å². The van der Waals surface area contributed by atoms with Crippen molar-refractivity contribution in [1.82, 2.24) is 14.0 Å². The average Bonchev–Trinajstić information content (AvgIpc) is 3.30. The molecule has 1 heterocycles. The molecule has 40 heavy (non-hydrogen) atoms. The van der Waals surface area contributed by atoms with Crippen molar-refractivity contribution in [3.8, 4) is 11.5 Å². The van der Waals surface area contributed by atoms with Crippen molar-refractivity contribution in [3.63, 3.8) is 0 Å². The van der Waals surface area contributed by atoms with E-state index in [0.29, 0.717) is 40.2 Å². The number of hydrogen-bond acceptors (Lipinski definition) is 6. The molecule has 0 aliphatic heterocycles. The Labute approximate surface area is 236 Å². The molecule has 3 amide bonds. The summed E-state index contributed by atoms with van der Waals surface area (Å²) in [4.78, 5) is 28.0. The van der Waals surface area contributed by atoms with Crippen LogP contribution in [0.5, 0.6) is 11.5 Å². The second-order valence-electron chi connectivity index (χ2n) is 9.23. The molecule has 4 aromatic rings. The van der Waals surface area contributed by atoms with E-state index in [1.54, 1.807) is 69.6 Å². The first kappa shape index (κ1) is 28.5. The summed E-state index contributed by atoms with van der Waals surface area (Å²) >= 11 is 0. The van der Waals surface area contributed by atoms with Gasteiger partial charge in [-0.25, -0.2) is 13.5 Å². The van der Waals surface area contributed by atoms with Crippen molar-refractivity contribution < 1.29 is 30.3 Å². The summed E-state index contributed by atoms with van der Waals surface area (Å²) in [6.07, 6.45) is 0.737. The van der Waals surface area contributed by atoms with E-state index >= 15 is 0 Å². The Hall–Kier alpha value is -4.51. The summed E-state index contributed by atoms with van der Waals surface area (Å²) in [6, 6.07) is 21.1. The van der Waals surface area contributed by atoms with Crippen LogP contribution >= 0.6 is 0 Å². The lowest BCUT2D eigenvalue weighted by molar-refractivity contribution is -0.120. The number of amides is 3. The third-order valence-electron chi connectivity index (χ3n) is 6.56. The minimum absolute atomic E-state index is 0. The number of ether oxygens (including phenoxy) is 2. The molecule has 0 aliphatic carbocycles. The molecule has 3 aromatic carbocycles. The van der Waals surface area contributed by atoms with Gasteiger partial charge in [-0.05, 0) is 67.8 Å². The number of carbonyl (C=O) groups is 2. The predicted molar refractivity (Wildman–Crippen MR) is 158 cm³/mol. The zero-order valence-electron chi connectivity index (χ0n) is 22.7. The van der Waals surface area contributed by atoms with Gasteiger partial charge in [0.1, 0.15) is 17.5 Å². The summed E-state index contributed by atoms with van der Waals surface area (Å²) < 4.78 is 40.2. The number of aryl methyl sites for hydroxylation is 2. The number of urea groups is 1. The Morgan fingerprint density at radius 2 is 1.60 bits per heavy atom. The number of likely N-dealkylation sites (N-methyl/N-ethyl adjacent to an activating group) is 1. The molecule has 10 nitrogen and oxygen atoms in total. The molecule has 0 radical (unpaired) electrons. The van der Waals surface area contributed by atoms with E-state index in [0.717, 1.165) is 9.54 Å². The van der Waals surface area contributed by atoms with Crippen LogP contribution in [0.15, 0.2) is 78.9 Å². The first-order valence-corrected chi connectivity index (χ1v) is 14.0. The SMILES string of the molecule is COc1ccc(N(C)C(=O)[C@H](CCc2ccccc2)NC(=O)NS(=O)(=O)n2c(C)cc3ccc(OC)cc32)cc1.[HH].[HH]. The molecule has 0 saturated heterocycles. The Balaban J connectivity index is 0.00000308. The minimum Gasteiger partial charge on any atom is -0.497 e. The minimum atomic E-state index is -4.36. The molecule has 0 bridgehead atoms. The second-order valence-corrected chi connectivity index (χ2v) is 10.7. The highest BCUT2D eigenvalue weighted by Crippen LogP contribution is 2.25. The first-order valence-electron chi connectivity index (χ1n) is 12.6. The number of aromatic nitrogens is 1. The Bertz CT molecular complexity index is 1610. The van der Waals surface area contributed by atoms with Crippen LogP contribution in [0.1, 0.15) is 20.5 Å². The van der Waals surface area contributed by atoms with Gasteiger partial charge < -0.3 is 19.7 Å². The summed E-state index contributed by atoms with van der Waals surface area (Å²) in [7, 11) is 0.273. The molecule has 214 valence electrons. The van der Waals surface area contributed by atoms with Gasteiger partial charge in [0.2, 0.25) is 5.91 Å². The van der Waals surface area contributed by atoms with Gasteiger partial charge in [-0.1, -0.05) is 30.3 Å². The first-order chi connectivity index (χ1) is 19.1. The molecule has 1 atom stereocenters. The summed E-state index contributed by atoms with van der Waals surface area (Å²) in [5.41, 5.74) is 2.33. The van der Waals surface area contributed by atoms with Crippen LogP contribution in [0, 0.1) is 6.92 Å². The van der Waals surface area contributed by atoms with Gasteiger partial charge in [0.05, 0.1) is 19.7 Å². The number of rotatable bonds is 10. The molecule has 0 saturated carbocycles. The number of nitrogens with zero attached hydrogens (tertiary/aromatic N) is 2. The predicted octanol–water partition coefficient (Wildman–Crippen LogP) is 4.52.